The normalized spacial score (nSPS) is 53.8. The lowest BCUT2D eigenvalue weighted by molar-refractivity contribution is 0.535. The Hall–Kier alpha value is -0.260. The average molecular weight is 150 g/mol. The predicted octanol–water partition coefficient (Wildman–Crippen LogP) is 3.24. The highest BCUT2D eigenvalue weighted by Crippen LogP contribution is 2.59. The summed E-state index contributed by atoms with van der Waals surface area (Å²) in [5.41, 5.74) is 0.530. The van der Waals surface area contributed by atoms with Crippen molar-refractivity contribution in [3.05, 3.63) is 12.7 Å². The van der Waals surface area contributed by atoms with E-state index < -0.39 is 0 Å². The molecule has 0 nitrogen and oxygen atoms in total. The zero-order valence-electron chi connectivity index (χ0n) is 7.64. The maximum atomic E-state index is 3.89. The molecular weight excluding hydrogens is 132 g/mol. The van der Waals surface area contributed by atoms with Crippen LogP contribution in [0.3, 0.4) is 0 Å². The fourth-order valence-corrected chi connectivity index (χ4v) is 2.17. The van der Waals surface area contributed by atoms with Crippen LogP contribution in [0.5, 0.6) is 0 Å². The van der Waals surface area contributed by atoms with Gasteiger partial charge in [0, 0.05) is 0 Å². The van der Waals surface area contributed by atoms with E-state index in [0.717, 1.165) is 17.8 Å². The van der Waals surface area contributed by atoms with Crippen molar-refractivity contribution in [1.29, 1.82) is 0 Å². The van der Waals surface area contributed by atoms with Crippen molar-refractivity contribution >= 4 is 0 Å². The van der Waals surface area contributed by atoms with Crippen LogP contribution in [0.1, 0.15) is 33.1 Å². The smallest absolute Gasteiger partial charge is 0.0118 e. The molecule has 0 bridgehead atoms. The van der Waals surface area contributed by atoms with Gasteiger partial charge >= 0.3 is 0 Å². The summed E-state index contributed by atoms with van der Waals surface area (Å²) in [6, 6.07) is 0. The van der Waals surface area contributed by atoms with Gasteiger partial charge in [0.05, 0.1) is 0 Å². The number of hydrogen-bond acceptors (Lipinski definition) is 0. The molecule has 2 saturated carbocycles. The van der Waals surface area contributed by atoms with Gasteiger partial charge in [-0.2, -0.15) is 0 Å². The van der Waals surface area contributed by atoms with Crippen LogP contribution in [-0.4, -0.2) is 0 Å². The van der Waals surface area contributed by atoms with Gasteiger partial charge in [0.2, 0.25) is 0 Å². The Morgan fingerprint density at radius 3 is 2.64 bits per heavy atom. The van der Waals surface area contributed by atoms with E-state index in [-0.39, 0.29) is 0 Å². The topological polar surface area (TPSA) is 0 Å². The molecule has 11 heavy (non-hydrogen) atoms. The number of rotatable bonds is 3. The predicted molar refractivity (Wildman–Crippen MR) is 48.3 cm³/mol. The van der Waals surface area contributed by atoms with Gasteiger partial charge in [0.15, 0.2) is 0 Å². The Bertz CT molecular complexity index is 182. The van der Waals surface area contributed by atoms with Gasteiger partial charge in [-0.1, -0.05) is 19.9 Å². The SMILES string of the molecule is C=CC1(C)CC1CC1CC1C. The summed E-state index contributed by atoms with van der Waals surface area (Å²) in [7, 11) is 0. The van der Waals surface area contributed by atoms with E-state index in [4.69, 9.17) is 0 Å². The van der Waals surface area contributed by atoms with Crippen molar-refractivity contribution in [3.8, 4) is 0 Å². The fraction of sp³-hybridized carbons (Fsp3) is 0.818. The second-order valence-corrected chi connectivity index (χ2v) is 4.82. The lowest BCUT2D eigenvalue weighted by Gasteiger charge is -2.02. The summed E-state index contributed by atoms with van der Waals surface area (Å²) in [4.78, 5) is 0. The van der Waals surface area contributed by atoms with Crippen LogP contribution < -0.4 is 0 Å². The third-order valence-corrected chi connectivity index (χ3v) is 3.79. The van der Waals surface area contributed by atoms with Crippen molar-refractivity contribution in [1.82, 2.24) is 0 Å². The Morgan fingerprint density at radius 1 is 1.64 bits per heavy atom. The second-order valence-electron chi connectivity index (χ2n) is 4.82. The average Bonchev–Trinajstić information content (AvgIpc) is 2.80. The maximum Gasteiger partial charge on any atom is -0.0118 e. The molecular formula is C11H18. The van der Waals surface area contributed by atoms with Gasteiger partial charge in [-0.15, -0.1) is 6.58 Å². The van der Waals surface area contributed by atoms with E-state index in [1.807, 2.05) is 0 Å². The zero-order valence-corrected chi connectivity index (χ0v) is 7.64. The van der Waals surface area contributed by atoms with E-state index in [9.17, 15) is 0 Å². The summed E-state index contributed by atoms with van der Waals surface area (Å²) in [6.45, 7) is 8.61. The van der Waals surface area contributed by atoms with Crippen molar-refractivity contribution in [2.45, 2.75) is 33.1 Å². The number of allylic oxidation sites excluding steroid dienone is 1. The van der Waals surface area contributed by atoms with Gasteiger partial charge in [-0.05, 0) is 42.4 Å². The molecule has 2 aliphatic rings. The molecule has 2 fully saturated rings. The third kappa shape index (κ3) is 1.23. The molecule has 0 N–H and O–H groups in total. The lowest BCUT2D eigenvalue weighted by Crippen LogP contribution is -1.93. The summed E-state index contributed by atoms with van der Waals surface area (Å²) in [6.07, 6.45) is 6.53. The molecule has 2 rings (SSSR count). The Morgan fingerprint density at radius 2 is 2.27 bits per heavy atom. The molecule has 0 aromatic rings. The highest BCUT2D eigenvalue weighted by molar-refractivity contribution is 5.10. The molecule has 0 radical (unpaired) electrons. The highest BCUT2D eigenvalue weighted by Gasteiger charge is 2.50. The molecule has 4 unspecified atom stereocenters. The van der Waals surface area contributed by atoms with E-state index >= 15 is 0 Å². The fourth-order valence-electron chi connectivity index (χ4n) is 2.17. The molecule has 2 aliphatic carbocycles. The van der Waals surface area contributed by atoms with Gasteiger partial charge in [-0.3, -0.25) is 0 Å². The first kappa shape index (κ1) is 7.39. The first-order valence-electron chi connectivity index (χ1n) is 4.79. The molecule has 0 aliphatic heterocycles. The van der Waals surface area contributed by atoms with Crippen LogP contribution in [0.4, 0.5) is 0 Å². The van der Waals surface area contributed by atoms with Gasteiger partial charge < -0.3 is 0 Å². The van der Waals surface area contributed by atoms with E-state index in [1.165, 1.54) is 19.3 Å². The first-order chi connectivity index (χ1) is 5.15. The second kappa shape index (κ2) is 2.12. The largest absolute Gasteiger partial charge is 0.103 e. The monoisotopic (exact) mass is 150 g/mol. The molecule has 4 atom stereocenters. The number of hydrogen-bond donors (Lipinski definition) is 0. The van der Waals surface area contributed by atoms with E-state index in [1.54, 1.807) is 0 Å². The van der Waals surface area contributed by atoms with Gasteiger partial charge in [-0.25, -0.2) is 0 Å². The minimum absolute atomic E-state index is 0.530. The molecule has 62 valence electrons. The molecule has 0 aromatic carbocycles. The standard InChI is InChI=1S/C11H18/c1-4-11(3)7-10(11)6-9-5-8(9)2/h4,8-10H,1,5-7H2,2-3H3. The van der Waals surface area contributed by atoms with Crippen molar-refractivity contribution in [2.75, 3.05) is 0 Å². The molecule has 0 heterocycles. The maximum absolute atomic E-state index is 3.89. The summed E-state index contributed by atoms with van der Waals surface area (Å²) in [5, 5.41) is 0. The van der Waals surface area contributed by atoms with Crippen LogP contribution in [0.15, 0.2) is 12.7 Å². The van der Waals surface area contributed by atoms with Crippen LogP contribution in [0.2, 0.25) is 0 Å². The minimum atomic E-state index is 0.530. The van der Waals surface area contributed by atoms with Crippen molar-refractivity contribution in [3.63, 3.8) is 0 Å². The molecule has 0 spiro atoms. The zero-order chi connectivity index (χ0) is 8.06. The molecule has 0 saturated heterocycles. The summed E-state index contributed by atoms with van der Waals surface area (Å²) in [5.74, 6) is 3.08. The lowest BCUT2D eigenvalue weighted by atomic mass is 10.0. The van der Waals surface area contributed by atoms with Gasteiger partial charge in [0.25, 0.3) is 0 Å². The van der Waals surface area contributed by atoms with Crippen molar-refractivity contribution < 1.29 is 0 Å². The Kier molecular flexibility index (Phi) is 1.42. The molecule has 0 heteroatoms. The van der Waals surface area contributed by atoms with Crippen LogP contribution in [0, 0.1) is 23.2 Å². The quantitative estimate of drug-likeness (QED) is 0.542. The summed E-state index contributed by atoms with van der Waals surface area (Å²) >= 11 is 0. The van der Waals surface area contributed by atoms with Crippen LogP contribution in [-0.2, 0) is 0 Å². The highest BCUT2D eigenvalue weighted by atomic mass is 14.5. The first-order valence-corrected chi connectivity index (χ1v) is 4.79. The van der Waals surface area contributed by atoms with Crippen LogP contribution >= 0.6 is 0 Å². The molecule has 0 aromatic heterocycles. The van der Waals surface area contributed by atoms with Crippen LogP contribution in [0.25, 0.3) is 0 Å². The third-order valence-electron chi connectivity index (χ3n) is 3.79. The van der Waals surface area contributed by atoms with E-state index in [2.05, 4.69) is 26.5 Å². The summed E-state index contributed by atoms with van der Waals surface area (Å²) < 4.78 is 0. The van der Waals surface area contributed by atoms with E-state index in [0.29, 0.717) is 5.41 Å². The van der Waals surface area contributed by atoms with Crippen molar-refractivity contribution in [2.24, 2.45) is 23.2 Å². The Labute approximate surface area is 69.7 Å². The minimum Gasteiger partial charge on any atom is -0.103 e. The van der Waals surface area contributed by atoms with Gasteiger partial charge in [0.1, 0.15) is 0 Å². The molecule has 0 amide bonds. The Balaban J connectivity index is 1.79.